The van der Waals surface area contributed by atoms with E-state index in [2.05, 4.69) is 19.9 Å². The Morgan fingerprint density at radius 2 is 1.83 bits per heavy atom. The molecule has 4 aliphatic carbocycles. The first kappa shape index (κ1) is 16.4. The van der Waals surface area contributed by atoms with E-state index in [1.807, 2.05) is 0 Å². The Balaban J connectivity index is 1.60. The molecule has 0 amide bonds. The van der Waals surface area contributed by atoms with Gasteiger partial charge in [0.1, 0.15) is 11.9 Å². The van der Waals surface area contributed by atoms with E-state index in [-0.39, 0.29) is 22.9 Å². The first-order valence-electron chi connectivity index (χ1n) is 9.74. The molecular formula is C21H30O3. The number of ether oxygens (including phenoxy) is 1. The fourth-order valence-electron chi connectivity index (χ4n) is 6.73. The third-order valence-electron chi connectivity index (χ3n) is 8.10. The first-order valence-corrected chi connectivity index (χ1v) is 9.74. The molecule has 0 bridgehead atoms. The minimum Gasteiger partial charge on any atom is -0.462 e. The minimum atomic E-state index is -0.157. The predicted octanol–water partition coefficient (Wildman–Crippen LogP) is 4.45. The highest BCUT2D eigenvalue weighted by atomic mass is 16.5. The van der Waals surface area contributed by atoms with Crippen molar-refractivity contribution < 1.29 is 14.3 Å². The molecule has 0 spiro atoms. The highest BCUT2D eigenvalue weighted by molar-refractivity contribution is 5.87. The highest BCUT2D eigenvalue weighted by Gasteiger charge is 2.58. The second-order valence-corrected chi connectivity index (χ2v) is 9.15. The van der Waals surface area contributed by atoms with Gasteiger partial charge >= 0.3 is 5.97 Å². The molecule has 0 aromatic carbocycles. The van der Waals surface area contributed by atoms with Gasteiger partial charge in [-0.05, 0) is 61.7 Å². The lowest BCUT2D eigenvalue weighted by atomic mass is 9.48. The topological polar surface area (TPSA) is 43.4 Å². The molecule has 0 heterocycles. The molecule has 4 aliphatic rings. The second-order valence-electron chi connectivity index (χ2n) is 9.15. The lowest BCUT2D eigenvalue weighted by Gasteiger charge is -2.56. The van der Waals surface area contributed by atoms with Crippen LogP contribution in [0.1, 0.15) is 72.1 Å². The van der Waals surface area contributed by atoms with Gasteiger partial charge in [-0.3, -0.25) is 9.59 Å². The predicted molar refractivity (Wildman–Crippen MR) is 92.3 cm³/mol. The maximum Gasteiger partial charge on any atom is 0.302 e. The fourth-order valence-corrected chi connectivity index (χ4v) is 6.73. The van der Waals surface area contributed by atoms with E-state index in [1.54, 1.807) is 0 Å². The van der Waals surface area contributed by atoms with Gasteiger partial charge in [0.15, 0.2) is 0 Å². The molecule has 0 radical (unpaired) electrons. The average molecular weight is 330 g/mol. The van der Waals surface area contributed by atoms with Gasteiger partial charge in [-0.15, -0.1) is 0 Å². The lowest BCUT2D eigenvalue weighted by molar-refractivity contribution is -0.148. The lowest BCUT2D eigenvalue weighted by Crippen LogP contribution is -2.50. The smallest absolute Gasteiger partial charge is 0.302 e. The highest BCUT2D eigenvalue weighted by Crippen LogP contribution is 2.64. The summed E-state index contributed by atoms with van der Waals surface area (Å²) in [4.78, 5) is 23.7. The molecule has 6 atom stereocenters. The number of carbonyl (C=O) groups excluding carboxylic acids is 2. The van der Waals surface area contributed by atoms with Crippen LogP contribution in [0, 0.1) is 28.6 Å². The quantitative estimate of drug-likeness (QED) is 0.527. The second kappa shape index (κ2) is 5.44. The summed E-state index contributed by atoms with van der Waals surface area (Å²) in [6.07, 6.45) is 10.8. The van der Waals surface area contributed by atoms with Crippen LogP contribution in [0.4, 0.5) is 0 Å². The largest absolute Gasteiger partial charge is 0.462 e. The molecule has 3 heteroatoms. The molecule has 0 N–H and O–H groups in total. The molecule has 1 unspecified atom stereocenters. The number of carbonyl (C=O) groups is 2. The number of allylic oxidation sites excluding steroid dienone is 1. The Morgan fingerprint density at radius 3 is 2.58 bits per heavy atom. The molecule has 0 aromatic heterocycles. The number of hydrogen-bond donors (Lipinski definition) is 0. The van der Waals surface area contributed by atoms with Crippen LogP contribution in [0.3, 0.4) is 0 Å². The Kier molecular flexibility index (Phi) is 3.71. The van der Waals surface area contributed by atoms with E-state index in [1.165, 1.54) is 18.9 Å². The standard InChI is InChI=1S/C21H30O3/c1-13(22)24-15-8-10-20(2)14(12-15)4-5-16-17-6-7-19(23)21(17,3)11-9-18(16)20/h4,15-18H,5-12H2,1-3H3/t15?,16-,17-,18+,20-,21-/m0/s1. The van der Waals surface area contributed by atoms with Crippen molar-refractivity contribution in [1.29, 1.82) is 0 Å². The van der Waals surface area contributed by atoms with Gasteiger partial charge in [0, 0.05) is 25.2 Å². The SMILES string of the molecule is CC(=O)OC1CC[C@@]2(C)C(=CC[C@@H]3[C@H]2CC[C@]2(C)C(=O)CC[C@@H]32)C1. The molecule has 3 nitrogen and oxygen atoms in total. The van der Waals surface area contributed by atoms with Gasteiger partial charge in [0.25, 0.3) is 0 Å². The number of fused-ring (bicyclic) bond motifs is 5. The summed E-state index contributed by atoms with van der Waals surface area (Å²) in [5.41, 5.74) is 1.74. The number of esters is 1. The molecule has 4 rings (SSSR count). The van der Waals surface area contributed by atoms with Crippen molar-refractivity contribution in [2.24, 2.45) is 28.6 Å². The van der Waals surface area contributed by atoms with Crippen molar-refractivity contribution in [3.05, 3.63) is 11.6 Å². The summed E-state index contributed by atoms with van der Waals surface area (Å²) in [6, 6.07) is 0. The van der Waals surface area contributed by atoms with Gasteiger partial charge in [-0.2, -0.15) is 0 Å². The van der Waals surface area contributed by atoms with Gasteiger partial charge < -0.3 is 4.74 Å². The number of rotatable bonds is 1. The van der Waals surface area contributed by atoms with Crippen molar-refractivity contribution >= 4 is 11.8 Å². The van der Waals surface area contributed by atoms with Crippen LogP contribution in [0.5, 0.6) is 0 Å². The summed E-state index contributed by atoms with van der Waals surface area (Å²) in [6.45, 7) is 6.19. The molecule has 0 aromatic rings. The van der Waals surface area contributed by atoms with Crippen LogP contribution in [-0.4, -0.2) is 17.9 Å². The van der Waals surface area contributed by atoms with E-state index < -0.39 is 0 Å². The average Bonchev–Trinajstić information content (AvgIpc) is 2.83. The number of Topliss-reactive ketones (excluding diaryl/α,β-unsaturated/α-hetero) is 1. The number of ketones is 1. The summed E-state index contributed by atoms with van der Waals surface area (Å²) in [5, 5.41) is 0. The Morgan fingerprint density at radius 1 is 1.12 bits per heavy atom. The molecule has 3 fully saturated rings. The summed E-state index contributed by atoms with van der Waals surface area (Å²) < 4.78 is 5.50. The van der Waals surface area contributed by atoms with E-state index in [4.69, 9.17) is 4.74 Å². The summed E-state index contributed by atoms with van der Waals surface area (Å²) in [7, 11) is 0. The van der Waals surface area contributed by atoms with Crippen molar-refractivity contribution in [2.45, 2.75) is 78.2 Å². The Labute approximate surface area is 145 Å². The van der Waals surface area contributed by atoms with E-state index in [0.29, 0.717) is 23.5 Å². The maximum absolute atomic E-state index is 12.4. The van der Waals surface area contributed by atoms with Crippen LogP contribution in [-0.2, 0) is 14.3 Å². The van der Waals surface area contributed by atoms with Crippen molar-refractivity contribution in [3.63, 3.8) is 0 Å². The van der Waals surface area contributed by atoms with Gasteiger partial charge in [0.05, 0.1) is 0 Å². The van der Waals surface area contributed by atoms with Crippen LogP contribution in [0.2, 0.25) is 0 Å². The van der Waals surface area contributed by atoms with E-state index in [0.717, 1.165) is 44.9 Å². The monoisotopic (exact) mass is 330 g/mol. The zero-order chi connectivity index (χ0) is 17.1. The molecule has 0 aliphatic heterocycles. The van der Waals surface area contributed by atoms with E-state index in [9.17, 15) is 9.59 Å². The maximum atomic E-state index is 12.4. The molecule has 0 saturated heterocycles. The van der Waals surface area contributed by atoms with Gasteiger partial charge in [0.2, 0.25) is 0 Å². The van der Waals surface area contributed by atoms with Gasteiger partial charge in [-0.25, -0.2) is 0 Å². The third kappa shape index (κ3) is 2.23. The van der Waals surface area contributed by atoms with E-state index >= 15 is 0 Å². The third-order valence-corrected chi connectivity index (χ3v) is 8.10. The normalized spacial score (nSPS) is 47.3. The molecule has 132 valence electrons. The summed E-state index contributed by atoms with van der Waals surface area (Å²) >= 11 is 0. The van der Waals surface area contributed by atoms with Crippen LogP contribution < -0.4 is 0 Å². The zero-order valence-electron chi connectivity index (χ0n) is 15.3. The van der Waals surface area contributed by atoms with Crippen molar-refractivity contribution in [1.82, 2.24) is 0 Å². The Bertz CT molecular complexity index is 606. The van der Waals surface area contributed by atoms with Crippen LogP contribution >= 0.6 is 0 Å². The van der Waals surface area contributed by atoms with Crippen LogP contribution in [0.15, 0.2) is 11.6 Å². The Hall–Kier alpha value is -1.12. The van der Waals surface area contributed by atoms with Crippen molar-refractivity contribution in [2.75, 3.05) is 0 Å². The van der Waals surface area contributed by atoms with Crippen molar-refractivity contribution in [3.8, 4) is 0 Å². The molecule has 24 heavy (non-hydrogen) atoms. The van der Waals surface area contributed by atoms with Crippen LogP contribution in [0.25, 0.3) is 0 Å². The molecular weight excluding hydrogens is 300 g/mol. The summed E-state index contributed by atoms with van der Waals surface area (Å²) in [5.74, 6) is 2.33. The zero-order valence-corrected chi connectivity index (χ0v) is 15.3. The van der Waals surface area contributed by atoms with Gasteiger partial charge in [-0.1, -0.05) is 25.5 Å². The molecule has 3 saturated carbocycles. The minimum absolute atomic E-state index is 0.0438. The number of hydrogen-bond acceptors (Lipinski definition) is 3. The fraction of sp³-hybridized carbons (Fsp3) is 0.810. The first-order chi connectivity index (χ1) is 11.3.